The van der Waals surface area contributed by atoms with E-state index in [-0.39, 0.29) is 5.91 Å². The first kappa shape index (κ1) is 12.5. The molecule has 0 aliphatic carbocycles. The van der Waals surface area contributed by atoms with Gasteiger partial charge >= 0.3 is 0 Å². The van der Waals surface area contributed by atoms with Crippen molar-refractivity contribution in [2.75, 3.05) is 0 Å². The van der Waals surface area contributed by atoms with Crippen LogP contribution in [0.3, 0.4) is 0 Å². The molecule has 0 fully saturated rings. The van der Waals surface area contributed by atoms with E-state index in [0.29, 0.717) is 5.56 Å². The van der Waals surface area contributed by atoms with E-state index >= 15 is 0 Å². The van der Waals surface area contributed by atoms with Gasteiger partial charge < -0.3 is 4.57 Å². The Morgan fingerprint density at radius 1 is 1.56 bits per heavy atom. The predicted octanol–water partition coefficient (Wildman–Crippen LogP) is 1.95. The number of aryl methyl sites for hydroxylation is 1. The maximum atomic E-state index is 11.7. The van der Waals surface area contributed by atoms with E-state index in [1.54, 1.807) is 18.5 Å². The van der Waals surface area contributed by atoms with E-state index in [1.807, 2.05) is 29.9 Å². The number of hydrogen-bond donors (Lipinski definition) is 1. The Balaban J connectivity index is 2.01. The highest BCUT2D eigenvalue weighted by Gasteiger charge is 2.04. The number of carbonyl (C=O) groups is 1. The van der Waals surface area contributed by atoms with Crippen LogP contribution in [0.5, 0.6) is 0 Å². The molecule has 0 atom stereocenters. The Labute approximate surface area is 113 Å². The zero-order valence-corrected chi connectivity index (χ0v) is 11.3. The zero-order valence-electron chi connectivity index (χ0n) is 9.67. The first-order chi connectivity index (χ1) is 8.66. The van der Waals surface area contributed by atoms with Crippen LogP contribution in [-0.4, -0.2) is 21.7 Å². The van der Waals surface area contributed by atoms with Gasteiger partial charge in [-0.05, 0) is 34.1 Å². The molecule has 5 nitrogen and oxygen atoms in total. The van der Waals surface area contributed by atoms with Crippen molar-refractivity contribution in [1.29, 1.82) is 0 Å². The van der Waals surface area contributed by atoms with Crippen LogP contribution in [0.4, 0.5) is 0 Å². The molecule has 92 valence electrons. The molecule has 2 aromatic rings. The molecule has 18 heavy (non-hydrogen) atoms. The third-order valence-corrected chi connectivity index (χ3v) is 2.75. The molecule has 0 saturated carbocycles. The normalized spacial score (nSPS) is 10.8. The Hall–Kier alpha value is -1.95. The lowest BCUT2D eigenvalue weighted by molar-refractivity contribution is 0.0954. The number of pyridine rings is 1. The molecule has 2 aromatic heterocycles. The Morgan fingerprint density at radius 2 is 2.39 bits per heavy atom. The molecule has 0 unspecified atom stereocenters. The van der Waals surface area contributed by atoms with Gasteiger partial charge in [-0.15, -0.1) is 0 Å². The first-order valence-corrected chi connectivity index (χ1v) is 6.01. The van der Waals surface area contributed by atoms with Crippen LogP contribution in [0.2, 0.25) is 0 Å². The summed E-state index contributed by atoms with van der Waals surface area (Å²) in [7, 11) is 1.90. The fourth-order valence-electron chi connectivity index (χ4n) is 1.37. The summed E-state index contributed by atoms with van der Waals surface area (Å²) in [4.78, 5) is 15.6. The molecule has 2 rings (SSSR count). The van der Waals surface area contributed by atoms with Crippen LogP contribution in [0.25, 0.3) is 0 Å². The second-order valence-corrected chi connectivity index (χ2v) is 4.55. The number of nitrogens with one attached hydrogen (secondary N) is 1. The van der Waals surface area contributed by atoms with Gasteiger partial charge in [-0.25, -0.2) is 5.43 Å². The monoisotopic (exact) mass is 306 g/mol. The molecule has 0 radical (unpaired) electrons. The van der Waals surface area contributed by atoms with Crippen LogP contribution in [0.15, 0.2) is 46.4 Å². The third kappa shape index (κ3) is 3.04. The number of hydrogen-bond acceptors (Lipinski definition) is 3. The summed E-state index contributed by atoms with van der Waals surface area (Å²) in [6, 6.07) is 5.48. The lowest BCUT2D eigenvalue weighted by atomic mass is 10.3. The number of hydrazone groups is 1. The molecule has 0 saturated heterocycles. The minimum atomic E-state index is -0.297. The smallest absolute Gasteiger partial charge is 0.272 e. The number of amides is 1. The second-order valence-electron chi connectivity index (χ2n) is 3.63. The summed E-state index contributed by atoms with van der Waals surface area (Å²) in [5.41, 5.74) is 3.81. The second kappa shape index (κ2) is 5.59. The van der Waals surface area contributed by atoms with Crippen LogP contribution >= 0.6 is 15.9 Å². The fourth-order valence-corrected chi connectivity index (χ4v) is 1.73. The van der Waals surface area contributed by atoms with Crippen LogP contribution in [0.1, 0.15) is 16.1 Å². The van der Waals surface area contributed by atoms with Crippen molar-refractivity contribution >= 4 is 28.1 Å². The zero-order chi connectivity index (χ0) is 13.0. The highest BCUT2D eigenvalue weighted by atomic mass is 79.9. The van der Waals surface area contributed by atoms with Gasteiger partial charge in [0.25, 0.3) is 5.91 Å². The van der Waals surface area contributed by atoms with Gasteiger partial charge in [0.1, 0.15) is 0 Å². The van der Waals surface area contributed by atoms with Crippen LogP contribution < -0.4 is 5.43 Å². The fraction of sp³-hybridized carbons (Fsp3) is 0.0833. The van der Waals surface area contributed by atoms with Crippen LogP contribution in [0, 0.1) is 0 Å². The Kier molecular flexibility index (Phi) is 3.88. The van der Waals surface area contributed by atoms with Crippen LogP contribution in [-0.2, 0) is 7.05 Å². The van der Waals surface area contributed by atoms with Crippen molar-refractivity contribution in [3.8, 4) is 0 Å². The van der Waals surface area contributed by atoms with E-state index in [1.165, 1.54) is 6.20 Å². The summed E-state index contributed by atoms with van der Waals surface area (Å²) in [6.45, 7) is 0. The maximum absolute atomic E-state index is 11.7. The van der Waals surface area contributed by atoms with Crippen molar-refractivity contribution in [2.45, 2.75) is 0 Å². The minimum absolute atomic E-state index is 0.297. The Morgan fingerprint density at radius 3 is 3.06 bits per heavy atom. The first-order valence-electron chi connectivity index (χ1n) is 5.22. The lowest BCUT2D eigenvalue weighted by Crippen LogP contribution is -2.18. The third-order valence-electron chi connectivity index (χ3n) is 2.31. The predicted molar refractivity (Wildman–Crippen MR) is 72.4 cm³/mol. The lowest BCUT2D eigenvalue weighted by Gasteiger charge is -2.00. The maximum Gasteiger partial charge on any atom is 0.272 e. The van der Waals surface area contributed by atoms with Gasteiger partial charge in [0.05, 0.1) is 17.5 Å². The van der Waals surface area contributed by atoms with E-state index in [4.69, 9.17) is 0 Å². The van der Waals surface area contributed by atoms with Crippen molar-refractivity contribution < 1.29 is 4.79 Å². The average Bonchev–Trinajstić information content (AvgIpc) is 2.75. The highest BCUT2D eigenvalue weighted by molar-refractivity contribution is 9.10. The molecule has 2 heterocycles. The number of aromatic nitrogens is 2. The molecule has 1 N–H and O–H groups in total. The number of nitrogens with zero attached hydrogens (tertiary/aromatic N) is 3. The SMILES string of the molecule is Cn1cccc1/C=N\NC(=O)c1cncc(Br)c1. The standard InChI is InChI=1S/C12H11BrN4O/c1-17-4-2-3-11(17)8-15-16-12(18)9-5-10(13)7-14-6-9/h2-8H,1H3,(H,16,18)/b15-8-. The summed E-state index contributed by atoms with van der Waals surface area (Å²) < 4.78 is 2.65. The van der Waals surface area contributed by atoms with Gasteiger partial charge in [0.2, 0.25) is 0 Å². The summed E-state index contributed by atoms with van der Waals surface area (Å²) in [6.07, 6.45) is 6.59. The molecular weight excluding hydrogens is 296 g/mol. The van der Waals surface area contributed by atoms with E-state index in [2.05, 4.69) is 31.4 Å². The number of halogens is 1. The topological polar surface area (TPSA) is 59.3 Å². The number of rotatable bonds is 3. The van der Waals surface area contributed by atoms with E-state index < -0.39 is 0 Å². The summed E-state index contributed by atoms with van der Waals surface area (Å²) >= 11 is 3.26. The van der Waals surface area contributed by atoms with Crippen molar-refractivity contribution in [3.05, 3.63) is 52.5 Å². The molecular formula is C12H11BrN4O. The summed E-state index contributed by atoms with van der Waals surface area (Å²) in [5.74, 6) is -0.297. The molecule has 6 heteroatoms. The number of carbonyl (C=O) groups excluding carboxylic acids is 1. The van der Waals surface area contributed by atoms with Gasteiger partial charge in [-0.2, -0.15) is 5.10 Å². The van der Waals surface area contributed by atoms with Crippen molar-refractivity contribution in [2.24, 2.45) is 12.1 Å². The van der Waals surface area contributed by atoms with E-state index in [0.717, 1.165) is 10.2 Å². The van der Waals surface area contributed by atoms with Gasteiger partial charge in [0, 0.05) is 30.1 Å². The minimum Gasteiger partial charge on any atom is -0.350 e. The van der Waals surface area contributed by atoms with Crippen molar-refractivity contribution in [1.82, 2.24) is 15.0 Å². The molecule has 1 amide bonds. The van der Waals surface area contributed by atoms with Crippen molar-refractivity contribution in [3.63, 3.8) is 0 Å². The highest BCUT2D eigenvalue weighted by Crippen LogP contribution is 2.09. The largest absolute Gasteiger partial charge is 0.350 e. The molecule has 0 bridgehead atoms. The van der Waals surface area contributed by atoms with Gasteiger partial charge in [0.15, 0.2) is 0 Å². The Bertz CT molecular complexity index is 591. The molecule has 0 aliphatic heterocycles. The van der Waals surface area contributed by atoms with E-state index in [9.17, 15) is 4.79 Å². The molecule has 0 aliphatic rings. The average molecular weight is 307 g/mol. The summed E-state index contributed by atoms with van der Waals surface area (Å²) in [5, 5.41) is 3.89. The molecule has 0 aromatic carbocycles. The molecule has 0 spiro atoms. The van der Waals surface area contributed by atoms with Gasteiger partial charge in [-0.1, -0.05) is 0 Å². The quantitative estimate of drug-likeness (QED) is 0.696. The van der Waals surface area contributed by atoms with Gasteiger partial charge in [-0.3, -0.25) is 9.78 Å².